The third-order valence-electron chi connectivity index (χ3n) is 1.63. The summed E-state index contributed by atoms with van der Waals surface area (Å²) in [5.74, 6) is -0.884. The van der Waals surface area contributed by atoms with Crippen molar-refractivity contribution in [3.8, 4) is 0 Å². The summed E-state index contributed by atoms with van der Waals surface area (Å²) in [6, 6.07) is 3.82. The van der Waals surface area contributed by atoms with E-state index in [2.05, 4.69) is 4.74 Å². The molecule has 0 spiro atoms. The van der Waals surface area contributed by atoms with Crippen molar-refractivity contribution < 1.29 is 22.5 Å². The van der Waals surface area contributed by atoms with Crippen molar-refractivity contribution in [2.24, 2.45) is 0 Å². The van der Waals surface area contributed by atoms with Crippen LogP contribution in [0.2, 0.25) is 5.02 Å². The Morgan fingerprint density at radius 3 is 2.53 bits per heavy atom. The molecule has 15 heavy (non-hydrogen) atoms. The number of carbonyl (C=O) groups excluding carboxylic acids is 1. The number of hydrogen-bond donors (Lipinski definition) is 1. The second-order valence-electron chi connectivity index (χ2n) is 2.58. The first kappa shape index (κ1) is 12.0. The molecule has 1 N–H and O–H groups in total. The van der Waals surface area contributed by atoms with Crippen molar-refractivity contribution in [3.63, 3.8) is 0 Å². The number of esters is 1. The molecule has 0 saturated heterocycles. The quantitative estimate of drug-likeness (QED) is 0.633. The van der Waals surface area contributed by atoms with E-state index in [1.165, 1.54) is 18.2 Å². The van der Waals surface area contributed by atoms with Gasteiger partial charge in [0.05, 0.1) is 17.7 Å². The molecule has 1 aromatic carbocycles. The van der Waals surface area contributed by atoms with E-state index in [0.29, 0.717) is 0 Å². The third kappa shape index (κ3) is 2.47. The Bertz CT molecular complexity index is 494. The Balaban J connectivity index is 3.54. The molecule has 82 valence electrons. The lowest BCUT2D eigenvalue weighted by atomic mass is 10.2. The Morgan fingerprint density at radius 1 is 1.47 bits per heavy atom. The topological polar surface area (TPSA) is 80.7 Å². The summed E-state index contributed by atoms with van der Waals surface area (Å²) in [6.45, 7) is 0. The highest BCUT2D eigenvalue weighted by Gasteiger charge is 2.23. The van der Waals surface area contributed by atoms with E-state index in [-0.39, 0.29) is 10.6 Å². The zero-order valence-electron chi connectivity index (χ0n) is 7.60. The molecule has 0 aliphatic carbocycles. The summed E-state index contributed by atoms with van der Waals surface area (Å²) < 4.78 is 35.1. The molecule has 7 heteroatoms. The molecule has 0 unspecified atom stereocenters. The first-order valence-corrected chi connectivity index (χ1v) is 5.54. The van der Waals surface area contributed by atoms with Gasteiger partial charge in [0.25, 0.3) is 10.1 Å². The normalized spacial score (nSPS) is 11.1. The maximum atomic E-state index is 11.2. The van der Waals surface area contributed by atoms with Gasteiger partial charge in [-0.15, -0.1) is 0 Å². The van der Waals surface area contributed by atoms with Crippen LogP contribution in [0.1, 0.15) is 10.4 Å². The molecule has 1 rings (SSSR count). The van der Waals surface area contributed by atoms with E-state index in [1.807, 2.05) is 0 Å². The Kier molecular flexibility index (Phi) is 3.33. The molecule has 0 aliphatic heterocycles. The van der Waals surface area contributed by atoms with Crippen LogP contribution in [0.3, 0.4) is 0 Å². The van der Waals surface area contributed by atoms with Crippen molar-refractivity contribution in [2.75, 3.05) is 7.11 Å². The monoisotopic (exact) mass is 250 g/mol. The average Bonchev–Trinajstić information content (AvgIpc) is 2.14. The van der Waals surface area contributed by atoms with Crippen molar-refractivity contribution >= 4 is 27.7 Å². The molecular formula is C8H7ClO5S. The highest BCUT2D eigenvalue weighted by molar-refractivity contribution is 7.86. The number of methoxy groups -OCH3 is 1. The predicted octanol–water partition coefficient (Wildman–Crippen LogP) is 1.37. The van der Waals surface area contributed by atoms with E-state index in [1.54, 1.807) is 0 Å². The lowest BCUT2D eigenvalue weighted by Gasteiger charge is -2.06. The molecule has 0 fully saturated rings. The molecule has 0 aromatic heterocycles. The smallest absolute Gasteiger partial charge is 0.339 e. The number of benzene rings is 1. The molecule has 0 saturated carbocycles. The van der Waals surface area contributed by atoms with Gasteiger partial charge < -0.3 is 4.74 Å². The molecule has 0 atom stereocenters. The number of halogens is 1. The fourth-order valence-corrected chi connectivity index (χ4v) is 2.25. The first-order valence-electron chi connectivity index (χ1n) is 3.72. The van der Waals surface area contributed by atoms with Crippen molar-refractivity contribution in [3.05, 3.63) is 28.8 Å². The van der Waals surface area contributed by atoms with E-state index in [4.69, 9.17) is 16.2 Å². The fraction of sp³-hybridized carbons (Fsp3) is 0.125. The van der Waals surface area contributed by atoms with Crippen LogP contribution in [0.4, 0.5) is 0 Å². The van der Waals surface area contributed by atoms with Crippen molar-refractivity contribution in [2.45, 2.75) is 4.90 Å². The number of ether oxygens (including phenoxy) is 1. The van der Waals surface area contributed by atoms with Gasteiger partial charge in [-0.25, -0.2) is 4.79 Å². The van der Waals surface area contributed by atoms with Crippen LogP contribution < -0.4 is 0 Å². The second-order valence-corrected chi connectivity index (χ2v) is 4.35. The van der Waals surface area contributed by atoms with Crippen LogP contribution in [-0.4, -0.2) is 26.0 Å². The van der Waals surface area contributed by atoms with E-state index in [9.17, 15) is 13.2 Å². The van der Waals surface area contributed by atoms with Gasteiger partial charge in [-0.05, 0) is 12.1 Å². The maximum Gasteiger partial charge on any atom is 0.339 e. The highest BCUT2D eigenvalue weighted by atomic mass is 35.5. The number of rotatable bonds is 2. The minimum atomic E-state index is -4.55. The standard InChI is InChI=1S/C8H7ClO5S/c1-14-8(10)5-3-2-4-6(9)7(5)15(11,12)13/h2-4H,1H3,(H,11,12,13). The van der Waals surface area contributed by atoms with Crippen LogP contribution >= 0.6 is 11.6 Å². The SMILES string of the molecule is COC(=O)c1cccc(Cl)c1S(=O)(=O)O. The molecular weight excluding hydrogens is 244 g/mol. The molecule has 0 bridgehead atoms. The minimum Gasteiger partial charge on any atom is -0.465 e. The molecule has 0 heterocycles. The van der Waals surface area contributed by atoms with Crippen LogP contribution in [-0.2, 0) is 14.9 Å². The zero-order chi connectivity index (χ0) is 11.6. The summed E-state index contributed by atoms with van der Waals surface area (Å²) >= 11 is 5.57. The van der Waals surface area contributed by atoms with Gasteiger partial charge in [-0.1, -0.05) is 17.7 Å². The number of carbonyl (C=O) groups is 1. The van der Waals surface area contributed by atoms with Gasteiger partial charge in [-0.3, -0.25) is 4.55 Å². The van der Waals surface area contributed by atoms with Crippen LogP contribution in [0.15, 0.2) is 23.1 Å². The van der Waals surface area contributed by atoms with Crippen LogP contribution in [0, 0.1) is 0 Å². The zero-order valence-corrected chi connectivity index (χ0v) is 9.17. The van der Waals surface area contributed by atoms with Crippen molar-refractivity contribution in [1.29, 1.82) is 0 Å². The van der Waals surface area contributed by atoms with Gasteiger partial charge in [-0.2, -0.15) is 8.42 Å². The lowest BCUT2D eigenvalue weighted by molar-refractivity contribution is 0.0596. The Morgan fingerprint density at radius 2 is 2.07 bits per heavy atom. The Labute approximate surface area is 91.4 Å². The van der Waals surface area contributed by atoms with Crippen molar-refractivity contribution in [1.82, 2.24) is 0 Å². The Hall–Kier alpha value is -1.11. The molecule has 0 aliphatic rings. The van der Waals surface area contributed by atoms with E-state index < -0.39 is 21.0 Å². The third-order valence-corrected chi connectivity index (χ3v) is 3.01. The largest absolute Gasteiger partial charge is 0.465 e. The van der Waals surface area contributed by atoms with Gasteiger partial charge in [0.1, 0.15) is 4.90 Å². The molecule has 5 nitrogen and oxygen atoms in total. The van der Waals surface area contributed by atoms with Crippen LogP contribution in [0.25, 0.3) is 0 Å². The predicted molar refractivity (Wildman–Crippen MR) is 52.6 cm³/mol. The molecule has 0 amide bonds. The first-order chi connectivity index (χ1) is 6.88. The van der Waals surface area contributed by atoms with E-state index >= 15 is 0 Å². The highest BCUT2D eigenvalue weighted by Crippen LogP contribution is 2.25. The summed E-state index contributed by atoms with van der Waals surface area (Å²) in [4.78, 5) is 10.5. The summed E-state index contributed by atoms with van der Waals surface area (Å²) in [5, 5.41) is -0.236. The molecule has 1 aromatic rings. The van der Waals surface area contributed by atoms with Gasteiger partial charge in [0.2, 0.25) is 0 Å². The maximum absolute atomic E-state index is 11.2. The fourth-order valence-electron chi connectivity index (χ4n) is 1.04. The minimum absolute atomic E-state index is 0.236. The summed E-state index contributed by atoms with van der Waals surface area (Å²) in [6.07, 6.45) is 0. The van der Waals surface area contributed by atoms with Gasteiger partial charge >= 0.3 is 5.97 Å². The van der Waals surface area contributed by atoms with Crippen LogP contribution in [0.5, 0.6) is 0 Å². The van der Waals surface area contributed by atoms with Gasteiger partial charge in [0.15, 0.2) is 0 Å². The lowest BCUT2D eigenvalue weighted by Crippen LogP contribution is -2.10. The summed E-state index contributed by atoms with van der Waals surface area (Å²) in [7, 11) is -3.46. The summed E-state index contributed by atoms with van der Waals surface area (Å²) in [5.41, 5.74) is -0.299. The number of hydrogen-bond acceptors (Lipinski definition) is 4. The molecule has 0 radical (unpaired) electrons. The average molecular weight is 251 g/mol. The second kappa shape index (κ2) is 4.18. The van der Waals surface area contributed by atoms with E-state index in [0.717, 1.165) is 7.11 Å². The van der Waals surface area contributed by atoms with Gasteiger partial charge in [0, 0.05) is 0 Å².